The van der Waals surface area contributed by atoms with Gasteiger partial charge < -0.3 is 21.8 Å². The third-order valence-corrected chi connectivity index (χ3v) is 4.61. The number of alkyl halides is 2. The first-order valence-corrected chi connectivity index (χ1v) is 8.34. The van der Waals surface area contributed by atoms with Crippen LogP contribution in [0.15, 0.2) is 30.5 Å². The van der Waals surface area contributed by atoms with Crippen LogP contribution < -0.4 is 16.4 Å². The summed E-state index contributed by atoms with van der Waals surface area (Å²) in [4.78, 5) is 1.51. The Kier molecular flexibility index (Phi) is 4.69. The van der Waals surface area contributed by atoms with Crippen molar-refractivity contribution in [1.29, 1.82) is 10.8 Å². The van der Waals surface area contributed by atoms with Crippen molar-refractivity contribution in [3.05, 3.63) is 47.3 Å². The third-order valence-electron chi connectivity index (χ3n) is 4.61. The van der Waals surface area contributed by atoms with Gasteiger partial charge in [-0.15, -0.1) is 0 Å². The minimum Gasteiger partial charge on any atom is -0.404 e. The number of halogens is 2. The normalized spacial score (nSPS) is 16.6. The average Bonchev–Trinajstić information content (AvgIpc) is 3.19. The zero-order chi connectivity index (χ0) is 19.8. The summed E-state index contributed by atoms with van der Waals surface area (Å²) in [7, 11) is 1.66. The molecule has 142 valence electrons. The molecule has 0 spiro atoms. The second-order valence-electron chi connectivity index (χ2n) is 6.48. The second kappa shape index (κ2) is 6.82. The van der Waals surface area contributed by atoms with Crippen molar-refractivity contribution in [3.8, 4) is 0 Å². The second-order valence-corrected chi connectivity index (χ2v) is 6.48. The molecule has 0 unspecified atom stereocenters. The molecule has 6 N–H and O–H groups in total. The summed E-state index contributed by atoms with van der Waals surface area (Å²) < 4.78 is 28.4. The van der Waals surface area contributed by atoms with Gasteiger partial charge in [-0.3, -0.25) is 10.1 Å². The fourth-order valence-corrected chi connectivity index (χ4v) is 3.09. The molecule has 27 heavy (non-hydrogen) atoms. The molecular formula is C18H21F2N7. The Balaban J connectivity index is 1.95. The molecule has 0 atom stereocenters. The summed E-state index contributed by atoms with van der Waals surface area (Å²) in [5.41, 5.74) is 14.1. The molecule has 2 heterocycles. The molecule has 0 bridgehead atoms. The van der Waals surface area contributed by atoms with E-state index in [1.54, 1.807) is 31.3 Å². The number of nitrogens with one attached hydrogen (secondary N) is 2. The predicted octanol–water partition coefficient (Wildman–Crippen LogP) is 2.21. The van der Waals surface area contributed by atoms with Gasteiger partial charge in [-0.2, -0.15) is 5.10 Å². The average molecular weight is 373 g/mol. The summed E-state index contributed by atoms with van der Waals surface area (Å²) in [6.45, 7) is -0.156. The van der Waals surface area contributed by atoms with Gasteiger partial charge in [-0.1, -0.05) is 6.07 Å². The van der Waals surface area contributed by atoms with Crippen LogP contribution in [0, 0.1) is 10.8 Å². The first-order chi connectivity index (χ1) is 12.8. The molecule has 1 fully saturated rings. The van der Waals surface area contributed by atoms with Gasteiger partial charge >= 0.3 is 0 Å². The Morgan fingerprint density at radius 1 is 1.33 bits per heavy atom. The highest BCUT2D eigenvalue weighted by atomic mass is 19.3. The summed E-state index contributed by atoms with van der Waals surface area (Å²) in [6.07, 6.45) is 2.22. The molecule has 1 aliphatic heterocycles. The van der Waals surface area contributed by atoms with Gasteiger partial charge in [-0.05, 0) is 17.7 Å². The van der Waals surface area contributed by atoms with Crippen LogP contribution in [0.4, 0.5) is 20.3 Å². The Morgan fingerprint density at radius 3 is 2.67 bits per heavy atom. The summed E-state index contributed by atoms with van der Waals surface area (Å²) in [6, 6.07) is 6.66. The number of aromatic nitrogens is 2. The molecule has 9 heteroatoms. The first kappa shape index (κ1) is 18.6. The number of rotatable bonds is 5. The number of benzene rings is 1. The van der Waals surface area contributed by atoms with Crippen LogP contribution in [0.3, 0.4) is 0 Å². The zero-order valence-electron chi connectivity index (χ0n) is 14.8. The van der Waals surface area contributed by atoms with Gasteiger partial charge in [0, 0.05) is 55.3 Å². The van der Waals surface area contributed by atoms with Crippen LogP contribution in [0.5, 0.6) is 0 Å². The lowest BCUT2D eigenvalue weighted by atomic mass is 9.99. The topological polar surface area (TPSA) is 121 Å². The molecular weight excluding hydrogens is 352 g/mol. The van der Waals surface area contributed by atoms with E-state index in [0.29, 0.717) is 33.9 Å². The lowest BCUT2D eigenvalue weighted by Crippen LogP contribution is -2.25. The molecule has 0 amide bonds. The molecule has 7 nitrogen and oxygen atoms in total. The van der Waals surface area contributed by atoms with E-state index in [-0.39, 0.29) is 25.2 Å². The standard InChI is InChI=1S/C18H21F2N7/c1-26-15(7-16(25-26)27-5-4-18(19,20)10-27)17(24)13-6-11(2-3-14(13)23)12(8-21)9-22/h2-3,6-9,21,24H,4-5,10,22-23H2,1H3/b12-9+,21-8?,24-17?. The Bertz CT molecular complexity index is 930. The summed E-state index contributed by atoms with van der Waals surface area (Å²) >= 11 is 0. The van der Waals surface area contributed by atoms with E-state index >= 15 is 0 Å². The monoisotopic (exact) mass is 373 g/mol. The highest BCUT2D eigenvalue weighted by Crippen LogP contribution is 2.31. The van der Waals surface area contributed by atoms with Crippen LogP contribution in [0.25, 0.3) is 5.57 Å². The minimum atomic E-state index is -2.72. The van der Waals surface area contributed by atoms with Gasteiger partial charge in [0.25, 0.3) is 5.92 Å². The maximum Gasteiger partial charge on any atom is 0.266 e. The SMILES string of the molecule is Cn1nc(N2CCC(F)(F)C2)cc1C(=N)c1cc(/C(C=N)=C/N)ccc1N. The number of anilines is 2. The summed E-state index contributed by atoms with van der Waals surface area (Å²) in [5, 5.41) is 20.3. The van der Waals surface area contributed by atoms with E-state index < -0.39 is 5.92 Å². The number of nitrogens with two attached hydrogens (primary N) is 2. The van der Waals surface area contributed by atoms with E-state index in [9.17, 15) is 8.78 Å². The van der Waals surface area contributed by atoms with Crippen molar-refractivity contribution in [2.24, 2.45) is 12.8 Å². The molecule has 1 aromatic carbocycles. The Hall–Kier alpha value is -3.23. The number of nitrogens with zero attached hydrogens (tertiary/aromatic N) is 3. The maximum absolute atomic E-state index is 13.5. The third kappa shape index (κ3) is 3.53. The lowest BCUT2D eigenvalue weighted by molar-refractivity contribution is 0.0256. The first-order valence-electron chi connectivity index (χ1n) is 8.34. The molecule has 3 rings (SSSR count). The fraction of sp³-hybridized carbons (Fsp3) is 0.278. The van der Waals surface area contributed by atoms with E-state index in [0.717, 1.165) is 6.21 Å². The summed E-state index contributed by atoms with van der Waals surface area (Å²) in [5.74, 6) is -2.31. The maximum atomic E-state index is 13.5. The van der Waals surface area contributed by atoms with Gasteiger partial charge in [0.1, 0.15) is 0 Å². The van der Waals surface area contributed by atoms with E-state index in [1.165, 1.54) is 15.8 Å². The Morgan fingerprint density at radius 2 is 2.07 bits per heavy atom. The smallest absolute Gasteiger partial charge is 0.266 e. The molecule has 2 aromatic rings. The zero-order valence-corrected chi connectivity index (χ0v) is 14.8. The number of hydrogen-bond donors (Lipinski definition) is 4. The van der Waals surface area contributed by atoms with Gasteiger partial charge in [-0.25, -0.2) is 8.78 Å². The van der Waals surface area contributed by atoms with Crippen molar-refractivity contribution in [3.63, 3.8) is 0 Å². The van der Waals surface area contributed by atoms with Gasteiger partial charge in [0.2, 0.25) is 0 Å². The molecule has 0 aliphatic carbocycles. The fourth-order valence-electron chi connectivity index (χ4n) is 3.09. The lowest BCUT2D eigenvalue weighted by Gasteiger charge is -2.14. The quantitative estimate of drug-likeness (QED) is 0.474. The predicted molar refractivity (Wildman–Crippen MR) is 103 cm³/mol. The number of nitrogen functional groups attached to an aromatic ring is 1. The molecule has 0 radical (unpaired) electrons. The van der Waals surface area contributed by atoms with Crippen molar-refractivity contribution in [2.75, 3.05) is 23.7 Å². The highest BCUT2D eigenvalue weighted by Gasteiger charge is 2.39. The number of aryl methyl sites for hydroxylation is 1. The molecule has 1 aliphatic rings. The number of hydrogen-bond acceptors (Lipinski definition) is 6. The molecule has 0 saturated carbocycles. The van der Waals surface area contributed by atoms with Crippen LogP contribution in [0.1, 0.15) is 23.2 Å². The van der Waals surface area contributed by atoms with Crippen molar-refractivity contribution < 1.29 is 8.78 Å². The largest absolute Gasteiger partial charge is 0.404 e. The van der Waals surface area contributed by atoms with Crippen LogP contribution in [-0.4, -0.2) is 40.7 Å². The van der Waals surface area contributed by atoms with E-state index in [1.807, 2.05) is 0 Å². The van der Waals surface area contributed by atoms with E-state index in [4.69, 9.17) is 22.3 Å². The number of allylic oxidation sites excluding steroid dienone is 1. The Labute approximate surface area is 155 Å². The minimum absolute atomic E-state index is 0.114. The molecule has 1 aromatic heterocycles. The van der Waals surface area contributed by atoms with Crippen LogP contribution >= 0.6 is 0 Å². The van der Waals surface area contributed by atoms with Crippen LogP contribution in [-0.2, 0) is 7.05 Å². The van der Waals surface area contributed by atoms with Crippen molar-refractivity contribution in [2.45, 2.75) is 12.3 Å². The van der Waals surface area contributed by atoms with Crippen LogP contribution in [0.2, 0.25) is 0 Å². The van der Waals surface area contributed by atoms with Gasteiger partial charge in [0.05, 0.1) is 18.0 Å². The molecule has 1 saturated heterocycles. The van der Waals surface area contributed by atoms with Gasteiger partial charge in [0.15, 0.2) is 5.82 Å². The van der Waals surface area contributed by atoms with Crippen molar-refractivity contribution in [1.82, 2.24) is 9.78 Å². The highest BCUT2D eigenvalue weighted by molar-refractivity contribution is 6.15. The van der Waals surface area contributed by atoms with Crippen molar-refractivity contribution >= 4 is 29.0 Å². The van der Waals surface area contributed by atoms with E-state index in [2.05, 4.69) is 5.10 Å².